The van der Waals surface area contributed by atoms with Crippen molar-refractivity contribution in [2.24, 2.45) is 0 Å². The summed E-state index contributed by atoms with van der Waals surface area (Å²) in [5.74, 6) is 1.41. The van der Waals surface area contributed by atoms with Crippen LogP contribution in [-0.2, 0) is 11.2 Å². The van der Waals surface area contributed by atoms with Gasteiger partial charge < -0.3 is 14.8 Å². The minimum Gasteiger partial charge on any atom is -0.496 e. The zero-order valence-corrected chi connectivity index (χ0v) is 16.2. The number of benzene rings is 2. The first-order valence-corrected chi connectivity index (χ1v) is 9.68. The summed E-state index contributed by atoms with van der Waals surface area (Å²) in [5.41, 5.74) is 2.55. The number of nitrogens with one attached hydrogen (secondary N) is 1. The number of para-hydroxylation sites is 3. The molecule has 6 heteroatoms. The number of anilines is 1. The Kier molecular flexibility index (Phi) is 6.44. The first-order valence-electron chi connectivity index (χ1n) is 8.80. The molecule has 5 nitrogen and oxygen atoms in total. The van der Waals surface area contributed by atoms with Crippen LogP contribution in [0.5, 0.6) is 11.5 Å². The van der Waals surface area contributed by atoms with Crippen LogP contribution >= 0.6 is 11.3 Å². The summed E-state index contributed by atoms with van der Waals surface area (Å²) >= 11 is 1.55. The van der Waals surface area contributed by atoms with Gasteiger partial charge in [-0.25, -0.2) is 4.98 Å². The largest absolute Gasteiger partial charge is 0.496 e. The average molecular weight is 382 g/mol. The van der Waals surface area contributed by atoms with Crippen molar-refractivity contribution in [3.05, 3.63) is 59.6 Å². The molecule has 0 atom stereocenters. The zero-order valence-electron chi connectivity index (χ0n) is 15.4. The number of ether oxygens (including phenoxy) is 2. The molecule has 140 valence electrons. The van der Waals surface area contributed by atoms with Crippen molar-refractivity contribution in [1.29, 1.82) is 0 Å². The van der Waals surface area contributed by atoms with Gasteiger partial charge in [0.25, 0.3) is 0 Å². The van der Waals surface area contributed by atoms with Crippen LogP contribution in [0.2, 0.25) is 0 Å². The van der Waals surface area contributed by atoms with E-state index >= 15 is 0 Å². The third-order valence-electron chi connectivity index (χ3n) is 3.96. The van der Waals surface area contributed by atoms with E-state index in [1.165, 1.54) is 0 Å². The molecule has 3 aromatic rings. The molecule has 0 aliphatic heterocycles. The number of aryl methyl sites for hydroxylation is 1. The highest BCUT2D eigenvalue weighted by molar-refractivity contribution is 7.13. The number of carbonyl (C=O) groups excluding carboxylic acids is 1. The average Bonchev–Trinajstić information content (AvgIpc) is 3.17. The molecule has 1 heterocycles. The Hall–Kier alpha value is -2.86. The molecule has 27 heavy (non-hydrogen) atoms. The van der Waals surface area contributed by atoms with E-state index in [2.05, 4.69) is 10.3 Å². The van der Waals surface area contributed by atoms with E-state index in [1.54, 1.807) is 18.4 Å². The number of nitrogens with zero attached hydrogens (tertiary/aromatic N) is 1. The molecule has 0 spiro atoms. The molecule has 0 saturated heterocycles. The molecular weight excluding hydrogens is 360 g/mol. The standard InChI is InChI=1S/C21H22N2O3S/c1-3-26-19-11-7-5-9-17(19)23-20(24)13-12-15-14-27-21(22-15)16-8-4-6-10-18(16)25-2/h4-11,14H,3,12-13H2,1-2H3,(H,23,24). The predicted octanol–water partition coefficient (Wildman–Crippen LogP) is 4.79. The van der Waals surface area contributed by atoms with Crippen LogP contribution in [0.25, 0.3) is 10.6 Å². The summed E-state index contributed by atoms with van der Waals surface area (Å²) in [6, 6.07) is 15.2. The van der Waals surface area contributed by atoms with E-state index in [4.69, 9.17) is 9.47 Å². The Labute approximate surface area is 163 Å². The number of hydrogen-bond acceptors (Lipinski definition) is 5. The fourth-order valence-electron chi connectivity index (χ4n) is 2.67. The Morgan fingerprint density at radius 2 is 1.85 bits per heavy atom. The number of hydrogen-bond donors (Lipinski definition) is 1. The summed E-state index contributed by atoms with van der Waals surface area (Å²) in [6.07, 6.45) is 0.934. The lowest BCUT2D eigenvalue weighted by molar-refractivity contribution is -0.116. The van der Waals surface area contributed by atoms with E-state index in [0.29, 0.717) is 30.9 Å². The van der Waals surface area contributed by atoms with Crippen molar-refractivity contribution < 1.29 is 14.3 Å². The number of methoxy groups -OCH3 is 1. The minimum absolute atomic E-state index is 0.0611. The second-order valence-corrected chi connectivity index (χ2v) is 6.68. The quantitative estimate of drug-likeness (QED) is 0.609. The minimum atomic E-state index is -0.0611. The Bertz CT molecular complexity index is 908. The predicted molar refractivity (Wildman–Crippen MR) is 109 cm³/mol. The third-order valence-corrected chi connectivity index (χ3v) is 4.88. The van der Waals surface area contributed by atoms with Crippen LogP contribution in [0.1, 0.15) is 19.0 Å². The van der Waals surface area contributed by atoms with E-state index in [0.717, 1.165) is 22.0 Å². The normalized spacial score (nSPS) is 10.4. The van der Waals surface area contributed by atoms with Gasteiger partial charge in [-0.05, 0) is 37.6 Å². The maximum atomic E-state index is 12.3. The highest BCUT2D eigenvalue weighted by Crippen LogP contribution is 2.32. The maximum absolute atomic E-state index is 12.3. The van der Waals surface area contributed by atoms with E-state index in [1.807, 2.05) is 60.8 Å². The molecular formula is C21H22N2O3S. The molecule has 0 aliphatic rings. The Balaban J connectivity index is 1.61. The van der Waals surface area contributed by atoms with Crippen LogP contribution in [0.4, 0.5) is 5.69 Å². The van der Waals surface area contributed by atoms with Gasteiger partial charge in [-0.2, -0.15) is 0 Å². The molecule has 0 bridgehead atoms. The topological polar surface area (TPSA) is 60.5 Å². The van der Waals surface area contributed by atoms with E-state index in [-0.39, 0.29) is 5.91 Å². The molecule has 1 amide bonds. The summed E-state index contributed by atoms with van der Waals surface area (Å²) in [4.78, 5) is 17.0. The fourth-order valence-corrected chi connectivity index (χ4v) is 3.56. The highest BCUT2D eigenvalue weighted by Gasteiger charge is 2.12. The number of amides is 1. The molecule has 0 unspecified atom stereocenters. The maximum Gasteiger partial charge on any atom is 0.224 e. The van der Waals surface area contributed by atoms with Gasteiger partial charge in [-0.1, -0.05) is 24.3 Å². The highest BCUT2D eigenvalue weighted by atomic mass is 32.1. The SMILES string of the molecule is CCOc1ccccc1NC(=O)CCc1csc(-c2ccccc2OC)n1. The smallest absolute Gasteiger partial charge is 0.224 e. The van der Waals surface area contributed by atoms with Crippen molar-refractivity contribution in [3.8, 4) is 22.1 Å². The third kappa shape index (κ3) is 4.86. The summed E-state index contributed by atoms with van der Waals surface area (Å²) in [6.45, 7) is 2.47. The van der Waals surface area contributed by atoms with Crippen LogP contribution < -0.4 is 14.8 Å². The van der Waals surface area contributed by atoms with Crippen molar-refractivity contribution in [1.82, 2.24) is 4.98 Å². The molecule has 2 aromatic carbocycles. The van der Waals surface area contributed by atoms with Crippen LogP contribution in [0.15, 0.2) is 53.9 Å². The number of carbonyl (C=O) groups is 1. The van der Waals surface area contributed by atoms with Crippen molar-refractivity contribution in [2.45, 2.75) is 19.8 Å². The molecule has 3 rings (SSSR count). The Morgan fingerprint density at radius 3 is 2.63 bits per heavy atom. The molecule has 1 N–H and O–H groups in total. The molecule has 0 saturated carbocycles. The lowest BCUT2D eigenvalue weighted by atomic mass is 10.2. The number of aromatic nitrogens is 1. The van der Waals surface area contributed by atoms with Gasteiger partial charge in [0.15, 0.2) is 0 Å². The molecule has 0 radical (unpaired) electrons. The lowest BCUT2D eigenvalue weighted by Gasteiger charge is -2.10. The summed E-state index contributed by atoms with van der Waals surface area (Å²) in [7, 11) is 1.65. The number of rotatable bonds is 8. The number of thiazole rings is 1. The molecule has 1 aromatic heterocycles. The van der Waals surface area contributed by atoms with E-state index < -0.39 is 0 Å². The van der Waals surface area contributed by atoms with Gasteiger partial charge in [0.2, 0.25) is 5.91 Å². The van der Waals surface area contributed by atoms with Crippen LogP contribution in [0, 0.1) is 0 Å². The zero-order chi connectivity index (χ0) is 19.1. The van der Waals surface area contributed by atoms with Gasteiger partial charge in [0.1, 0.15) is 16.5 Å². The molecule has 0 aliphatic carbocycles. The van der Waals surface area contributed by atoms with Gasteiger partial charge in [0, 0.05) is 11.8 Å². The van der Waals surface area contributed by atoms with E-state index in [9.17, 15) is 4.79 Å². The van der Waals surface area contributed by atoms with Crippen LogP contribution in [0.3, 0.4) is 0 Å². The van der Waals surface area contributed by atoms with Crippen molar-refractivity contribution >= 4 is 22.9 Å². The first-order chi connectivity index (χ1) is 13.2. The summed E-state index contributed by atoms with van der Waals surface area (Å²) < 4.78 is 10.9. The van der Waals surface area contributed by atoms with Gasteiger partial charge in [-0.15, -0.1) is 11.3 Å². The van der Waals surface area contributed by atoms with Gasteiger partial charge in [-0.3, -0.25) is 4.79 Å². The molecule has 0 fully saturated rings. The Morgan fingerprint density at radius 1 is 1.11 bits per heavy atom. The first kappa shape index (κ1) is 18.9. The van der Waals surface area contributed by atoms with Crippen molar-refractivity contribution in [2.75, 3.05) is 19.0 Å². The van der Waals surface area contributed by atoms with Gasteiger partial charge in [0.05, 0.1) is 30.7 Å². The van der Waals surface area contributed by atoms with Crippen molar-refractivity contribution in [3.63, 3.8) is 0 Å². The lowest BCUT2D eigenvalue weighted by Crippen LogP contribution is -2.13. The van der Waals surface area contributed by atoms with Crippen LogP contribution in [-0.4, -0.2) is 24.6 Å². The fraction of sp³-hybridized carbons (Fsp3) is 0.238. The van der Waals surface area contributed by atoms with Gasteiger partial charge >= 0.3 is 0 Å². The second-order valence-electron chi connectivity index (χ2n) is 5.82. The summed E-state index contributed by atoms with van der Waals surface area (Å²) in [5, 5.41) is 5.80. The second kappa shape index (κ2) is 9.19. The monoisotopic (exact) mass is 382 g/mol.